The van der Waals surface area contributed by atoms with Crippen LogP contribution in [-0.2, 0) is 11.2 Å². The summed E-state index contributed by atoms with van der Waals surface area (Å²) in [4.78, 5) is 14.7. The molecule has 1 amide bonds. The maximum Gasteiger partial charge on any atom is 0.223 e. The third-order valence-electron chi connectivity index (χ3n) is 4.32. The Labute approximate surface area is 146 Å². The number of hydrogen-bond acceptors (Lipinski definition) is 3. The minimum absolute atomic E-state index is 0. The van der Waals surface area contributed by atoms with Crippen molar-refractivity contribution in [3.05, 3.63) is 29.8 Å². The standard InChI is InChI=1S/C18H28N2O2.ClH/c1-3-14-20(16-10-12-19-13-11-16)18(21)9-6-15-4-7-17(22-2)8-5-15;/h4-5,7-8,16,19H,3,6,9-14H2,1-2H3;1H. The van der Waals surface area contributed by atoms with Crippen LogP contribution in [0.25, 0.3) is 0 Å². The number of benzene rings is 1. The second-order valence-electron chi connectivity index (χ2n) is 5.92. The van der Waals surface area contributed by atoms with Gasteiger partial charge < -0.3 is 15.0 Å². The molecule has 130 valence electrons. The summed E-state index contributed by atoms with van der Waals surface area (Å²) < 4.78 is 5.16. The summed E-state index contributed by atoms with van der Waals surface area (Å²) in [7, 11) is 1.67. The first-order chi connectivity index (χ1) is 10.7. The lowest BCUT2D eigenvalue weighted by molar-refractivity contribution is -0.134. The van der Waals surface area contributed by atoms with Crippen LogP contribution in [0.5, 0.6) is 5.75 Å². The van der Waals surface area contributed by atoms with E-state index in [-0.39, 0.29) is 12.4 Å². The lowest BCUT2D eigenvalue weighted by atomic mass is 10.0. The van der Waals surface area contributed by atoms with Gasteiger partial charge in [0.15, 0.2) is 0 Å². The molecular formula is C18H29ClN2O2. The zero-order valence-corrected chi connectivity index (χ0v) is 15.0. The van der Waals surface area contributed by atoms with E-state index in [2.05, 4.69) is 17.1 Å². The van der Waals surface area contributed by atoms with Gasteiger partial charge in [0.05, 0.1) is 7.11 Å². The Morgan fingerprint density at radius 1 is 1.26 bits per heavy atom. The molecule has 23 heavy (non-hydrogen) atoms. The molecular weight excluding hydrogens is 312 g/mol. The highest BCUT2D eigenvalue weighted by Gasteiger charge is 2.24. The molecule has 0 aliphatic carbocycles. The highest BCUT2D eigenvalue weighted by molar-refractivity contribution is 5.85. The number of nitrogens with zero attached hydrogens (tertiary/aromatic N) is 1. The summed E-state index contributed by atoms with van der Waals surface area (Å²) >= 11 is 0. The summed E-state index contributed by atoms with van der Waals surface area (Å²) in [5, 5.41) is 3.37. The van der Waals surface area contributed by atoms with Gasteiger partial charge in [0.25, 0.3) is 0 Å². The fourth-order valence-corrected chi connectivity index (χ4v) is 3.06. The number of carbonyl (C=O) groups is 1. The van der Waals surface area contributed by atoms with E-state index >= 15 is 0 Å². The number of nitrogens with one attached hydrogen (secondary N) is 1. The monoisotopic (exact) mass is 340 g/mol. The highest BCUT2D eigenvalue weighted by atomic mass is 35.5. The van der Waals surface area contributed by atoms with Gasteiger partial charge in [-0.15, -0.1) is 12.4 Å². The van der Waals surface area contributed by atoms with Crippen molar-refractivity contribution in [3.8, 4) is 5.75 Å². The van der Waals surface area contributed by atoms with Gasteiger partial charge in [-0.3, -0.25) is 4.79 Å². The fraction of sp³-hybridized carbons (Fsp3) is 0.611. The van der Waals surface area contributed by atoms with Gasteiger partial charge in [0, 0.05) is 19.0 Å². The van der Waals surface area contributed by atoms with Crippen LogP contribution in [0.15, 0.2) is 24.3 Å². The molecule has 0 saturated carbocycles. The quantitative estimate of drug-likeness (QED) is 0.829. The van der Waals surface area contributed by atoms with E-state index in [9.17, 15) is 4.79 Å². The van der Waals surface area contributed by atoms with E-state index in [0.29, 0.717) is 18.4 Å². The Balaban J connectivity index is 0.00000264. The van der Waals surface area contributed by atoms with Crippen molar-refractivity contribution in [1.82, 2.24) is 10.2 Å². The summed E-state index contributed by atoms with van der Waals surface area (Å²) in [5.74, 6) is 1.15. The van der Waals surface area contributed by atoms with Crippen molar-refractivity contribution in [2.75, 3.05) is 26.7 Å². The molecule has 0 radical (unpaired) electrons. The number of carbonyl (C=O) groups excluding carboxylic acids is 1. The van der Waals surface area contributed by atoms with Crippen molar-refractivity contribution < 1.29 is 9.53 Å². The molecule has 0 spiro atoms. The van der Waals surface area contributed by atoms with E-state index in [1.54, 1.807) is 7.11 Å². The molecule has 1 fully saturated rings. The molecule has 0 unspecified atom stereocenters. The van der Waals surface area contributed by atoms with Crippen molar-refractivity contribution in [1.29, 1.82) is 0 Å². The van der Waals surface area contributed by atoms with Crippen molar-refractivity contribution in [2.24, 2.45) is 0 Å². The number of rotatable bonds is 7. The maximum absolute atomic E-state index is 12.6. The fourth-order valence-electron chi connectivity index (χ4n) is 3.06. The van der Waals surface area contributed by atoms with Gasteiger partial charge in [0.1, 0.15) is 5.75 Å². The van der Waals surface area contributed by atoms with Crippen LogP contribution in [0.1, 0.15) is 38.2 Å². The molecule has 5 heteroatoms. The first-order valence-corrected chi connectivity index (χ1v) is 8.37. The lowest BCUT2D eigenvalue weighted by Crippen LogP contribution is -2.46. The Hall–Kier alpha value is -1.26. The summed E-state index contributed by atoms with van der Waals surface area (Å²) in [5.41, 5.74) is 1.19. The molecule has 1 heterocycles. The topological polar surface area (TPSA) is 41.6 Å². The first-order valence-electron chi connectivity index (χ1n) is 8.37. The predicted octanol–water partition coefficient (Wildman–Crippen LogP) is 3.04. The lowest BCUT2D eigenvalue weighted by Gasteiger charge is -2.34. The summed E-state index contributed by atoms with van der Waals surface area (Å²) in [6, 6.07) is 8.42. The third kappa shape index (κ3) is 6.04. The van der Waals surface area contributed by atoms with E-state index in [1.807, 2.05) is 24.3 Å². The Morgan fingerprint density at radius 2 is 1.91 bits per heavy atom. The molecule has 0 bridgehead atoms. The number of amides is 1. The maximum atomic E-state index is 12.6. The molecule has 2 rings (SSSR count). The third-order valence-corrected chi connectivity index (χ3v) is 4.32. The smallest absolute Gasteiger partial charge is 0.223 e. The molecule has 1 aliphatic rings. The molecule has 4 nitrogen and oxygen atoms in total. The van der Waals surface area contributed by atoms with Crippen LogP contribution in [0.2, 0.25) is 0 Å². The van der Waals surface area contributed by atoms with Crippen LogP contribution < -0.4 is 10.1 Å². The van der Waals surface area contributed by atoms with E-state index in [0.717, 1.165) is 51.1 Å². The number of methoxy groups -OCH3 is 1. The Morgan fingerprint density at radius 3 is 2.48 bits per heavy atom. The number of piperidine rings is 1. The van der Waals surface area contributed by atoms with Crippen LogP contribution in [0.3, 0.4) is 0 Å². The predicted molar refractivity (Wildman–Crippen MR) is 96.5 cm³/mol. The van der Waals surface area contributed by atoms with Crippen molar-refractivity contribution in [3.63, 3.8) is 0 Å². The molecule has 1 aliphatic heterocycles. The Kier molecular flexibility index (Phi) is 9.03. The van der Waals surface area contributed by atoms with Crippen LogP contribution in [0.4, 0.5) is 0 Å². The van der Waals surface area contributed by atoms with E-state index in [4.69, 9.17) is 4.74 Å². The summed E-state index contributed by atoms with van der Waals surface area (Å²) in [6.45, 7) is 5.07. The number of ether oxygens (including phenoxy) is 1. The van der Waals surface area contributed by atoms with Crippen LogP contribution >= 0.6 is 12.4 Å². The van der Waals surface area contributed by atoms with Crippen LogP contribution in [-0.4, -0.2) is 43.6 Å². The Bertz CT molecular complexity index is 459. The van der Waals surface area contributed by atoms with Crippen LogP contribution in [0, 0.1) is 0 Å². The number of aryl methyl sites for hydroxylation is 1. The van der Waals surface area contributed by atoms with Gasteiger partial charge in [-0.1, -0.05) is 19.1 Å². The zero-order chi connectivity index (χ0) is 15.8. The molecule has 1 N–H and O–H groups in total. The zero-order valence-electron chi connectivity index (χ0n) is 14.2. The molecule has 1 saturated heterocycles. The molecule has 1 aromatic rings. The van der Waals surface area contributed by atoms with E-state index < -0.39 is 0 Å². The second kappa shape index (κ2) is 10.5. The number of halogens is 1. The van der Waals surface area contributed by atoms with Gasteiger partial charge in [-0.2, -0.15) is 0 Å². The van der Waals surface area contributed by atoms with Crippen molar-refractivity contribution in [2.45, 2.75) is 45.1 Å². The first kappa shape index (κ1) is 19.8. The van der Waals surface area contributed by atoms with E-state index in [1.165, 1.54) is 5.56 Å². The normalized spacial score (nSPS) is 14.9. The van der Waals surface area contributed by atoms with Gasteiger partial charge in [-0.05, 0) is 56.5 Å². The second-order valence-corrected chi connectivity index (χ2v) is 5.92. The summed E-state index contributed by atoms with van der Waals surface area (Å²) in [6.07, 6.45) is 4.57. The van der Waals surface area contributed by atoms with Gasteiger partial charge in [-0.25, -0.2) is 0 Å². The molecule has 0 aromatic heterocycles. The average Bonchev–Trinajstić information content (AvgIpc) is 2.58. The SMILES string of the molecule is CCCN(C(=O)CCc1ccc(OC)cc1)C1CCNCC1.Cl. The van der Waals surface area contributed by atoms with Gasteiger partial charge in [0.2, 0.25) is 5.91 Å². The highest BCUT2D eigenvalue weighted by Crippen LogP contribution is 2.16. The number of hydrogen-bond donors (Lipinski definition) is 1. The largest absolute Gasteiger partial charge is 0.497 e. The average molecular weight is 341 g/mol. The van der Waals surface area contributed by atoms with Crippen molar-refractivity contribution >= 4 is 18.3 Å². The minimum Gasteiger partial charge on any atom is -0.497 e. The molecule has 1 aromatic carbocycles. The molecule has 0 atom stereocenters. The minimum atomic E-state index is 0. The van der Waals surface area contributed by atoms with Gasteiger partial charge >= 0.3 is 0 Å².